The monoisotopic (exact) mass is 465 g/mol. The molecule has 0 bridgehead atoms. The summed E-state index contributed by atoms with van der Waals surface area (Å²) in [7, 11) is 0. The number of nitrogens with one attached hydrogen (secondary N) is 2. The number of carbonyl (C=O) groups excluding carboxylic acids is 2. The van der Waals surface area contributed by atoms with E-state index < -0.39 is 29.7 Å². The lowest BCUT2D eigenvalue weighted by molar-refractivity contribution is -0.127. The molecule has 0 spiro atoms. The largest absolute Gasteiger partial charge is 0.449 e. The third-order valence-electron chi connectivity index (χ3n) is 5.99. The molecule has 0 unspecified atom stereocenters. The van der Waals surface area contributed by atoms with Gasteiger partial charge in [-0.3, -0.25) is 10.1 Å². The van der Waals surface area contributed by atoms with Crippen LogP contribution in [0.1, 0.15) is 49.0 Å². The molecule has 1 aromatic heterocycles. The molecule has 1 aliphatic rings. The molecule has 3 aromatic rings. The molecule has 2 aromatic carbocycles. The zero-order valence-electron chi connectivity index (χ0n) is 18.8. The Balaban J connectivity index is 1.64. The summed E-state index contributed by atoms with van der Waals surface area (Å²) in [6, 6.07) is 8.40. The SMILES string of the molecule is C#CC(=O)N1CCc2c([nH]c3c(F)cc(F)cc23)[C@@H]1c1ccc(NC(=O)OCCCCC)cc1. The van der Waals surface area contributed by atoms with E-state index in [-0.39, 0.29) is 5.52 Å². The Bertz CT molecular complexity index is 1260. The van der Waals surface area contributed by atoms with Gasteiger partial charge in [0.2, 0.25) is 0 Å². The number of rotatable bonds is 6. The van der Waals surface area contributed by atoms with E-state index in [4.69, 9.17) is 11.2 Å². The van der Waals surface area contributed by atoms with Crippen molar-refractivity contribution in [2.24, 2.45) is 0 Å². The van der Waals surface area contributed by atoms with E-state index in [9.17, 15) is 18.4 Å². The van der Waals surface area contributed by atoms with Crippen LogP contribution in [-0.2, 0) is 16.0 Å². The van der Waals surface area contributed by atoms with Crippen LogP contribution in [0.2, 0.25) is 0 Å². The summed E-state index contributed by atoms with van der Waals surface area (Å²) in [5.74, 6) is 0.286. The predicted molar refractivity (Wildman–Crippen MR) is 125 cm³/mol. The van der Waals surface area contributed by atoms with Gasteiger partial charge in [-0.2, -0.15) is 0 Å². The first-order valence-corrected chi connectivity index (χ1v) is 11.2. The van der Waals surface area contributed by atoms with Crippen LogP contribution in [0, 0.1) is 24.0 Å². The highest BCUT2D eigenvalue weighted by atomic mass is 19.1. The normalized spacial score (nSPS) is 15.0. The molecule has 4 rings (SSSR count). The van der Waals surface area contributed by atoms with E-state index in [1.54, 1.807) is 24.3 Å². The number of hydrogen-bond donors (Lipinski definition) is 2. The Morgan fingerprint density at radius 1 is 1.24 bits per heavy atom. The number of ether oxygens (including phenoxy) is 1. The number of nitrogens with zero attached hydrogens (tertiary/aromatic N) is 1. The van der Waals surface area contributed by atoms with E-state index in [2.05, 4.69) is 23.1 Å². The Morgan fingerprint density at radius 2 is 2.00 bits per heavy atom. The molecule has 2 N–H and O–H groups in total. The van der Waals surface area contributed by atoms with Crippen molar-refractivity contribution in [1.82, 2.24) is 9.88 Å². The summed E-state index contributed by atoms with van der Waals surface area (Å²) in [5.41, 5.74) is 2.76. The minimum atomic E-state index is -0.699. The van der Waals surface area contributed by atoms with E-state index in [0.29, 0.717) is 41.9 Å². The number of fused-ring (bicyclic) bond motifs is 3. The standard InChI is InChI=1S/C26H25F2N3O3/c1-3-5-6-13-34-26(33)29-18-9-7-16(8-10-18)25-24-19(11-12-31(25)22(32)4-2)20-14-17(27)15-21(28)23(20)30-24/h2,7-10,14-15,25,30H,3,5-6,11-13H2,1H3,(H,29,33)/t25-/m0/s1. The third-order valence-corrected chi connectivity index (χ3v) is 5.99. The third kappa shape index (κ3) is 4.60. The summed E-state index contributed by atoms with van der Waals surface area (Å²) in [6.45, 7) is 2.72. The molecular weight excluding hydrogens is 440 g/mol. The van der Waals surface area contributed by atoms with Crippen molar-refractivity contribution in [1.29, 1.82) is 0 Å². The van der Waals surface area contributed by atoms with Crippen LogP contribution in [0.25, 0.3) is 10.9 Å². The first-order chi connectivity index (χ1) is 16.4. The molecule has 1 aliphatic heterocycles. The highest BCUT2D eigenvalue weighted by Gasteiger charge is 2.34. The highest BCUT2D eigenvalue weighted by Crippen LogP contribution is 2.39. The second-order valence-corrected chi connectivity index (χ2v) is 8.21. The number of benzene rings is 2. The number of halogens is 2. The van der Waals surface area contributed by atoms with Gasteiger partial charge in [0.05, 0.1) is 18.2 Å². The van der Waals surface area contributed by atoms with Crippen molar-refractivity contribution in [3.8, 4) is 12.3 Å². The predicted octanol–water partition coefficient (Wildman–Crippen LogP) is 5.29. The van der Waals surface area contributed by atoms with Crippen LogP contribution in [0.4, 0.5) is 19.3 Å². The van der Waals surface area contributed by atoms with Crippen LogP contribution < -0.4 is 5.32 Å². The van der Waals surface area contributed by atoms with Crippen molar-refractivity contribution in [2.45, 2.75) is 38.6 Å². The Morgan fingerprint density at radius 3 is 2.71 bits per heavy atom. The zero-order valence-corrected chi connectivity index (χ0v) is 18.8. The average molecular weight is 466 g/mol. The lowest BCUT2D eigenvalue weighted by Gasteiger charge is -2.35. The Labute approximate surface area is 196 Å². The van der Waals surface area contributed by atoms with Crippen LogP contribution in [0.3, 0.4) is 0 Å². The second-order valence-electron chi connectivity index (χ2n) is 8.21. The molecule has 1 atom stereocenters. The number of anilines is 1. The van der Waals surface area contributed by atoms with Crippen molar-refractivity contribution in [3.05, 3.63) is 64.9 Å². The molecule has 0 fully saturated rings. The number of hydrogen-bond acceptors (Lipinski definition) is 3. The summed E-state index contributed by atoms with van der Waals surface area (Å²) in [6.07, 6.45) is 8.09. The quantitative estimate of drug-likeness (QED) is 0.384. The van der Waals surface area contributed by atoms with Crippen molar-refractivity contribution in [3.63, 3.8) is 0 Å². The zero-order chi connectivity index (χ0) is 24.2. The van der Waals surface area contributed by atoms with Crippen LogP contribution in [0.5, 0.6) is 0 Å². The molecule has 34 heavy (non-hydrogen) atoms. The molecule has 0 aliphatic carbocycles. The Hall–Kier alpha value is -3.86. The molecule has 0 saturated carbocycles. The number of unbranched alkanes of at least 4 members (excludes halogenated alkanes) is 2. The average Bonchev–Trinajstić information content (AvgIpc) is 3.20. The van der Waals surface area contributed by atoms with Gasteiger partial charge >= 0.3 is 6.09 Å². The van der Waals surface area contributed by atoms with Gasteiger partial charge in [-0.25, -0.2) is 13.6 Å². The number of carbonyl (C=O) groups is 2. The lowest BCUT2D eigenvalue weighted by Crippen LogP contribution is -2.39. The van der Waals surface area contributed by atoms with Gasteiger partial charge in [0.25, 0.3) is 5.91 Å². The first-order valence-electron chi connectivity index (χ1n) is 11.2. The number of terminal acetylenes is 1. The van der Waals surface area contributed by atoms with Gasteiger partial charge in [-0.05, 0) is 48.1 Å². The van der Waals surface area contributed by atoms with E-state index in [1.807, 2.05) is 0 Å². The van der Waals surface area contributed by atoms with Crippen molar-refractivity contribution in [2.75, 3.05) is 18.5 Å². The summed E-state index contributed by atoms with van der Waals surface area (Å²) < 4.78 is 33.5. The van der Waals surface area contributed by atoms with Crippen molar-refractivity contribution < 1.29 is 23.1 Å². The number of aromatic amines is 1. The van der Waals surface area contributed by atoms with Crippen LogP contribution >= 0.6 is 0 Å². The molecule has 0 saturated heterocycles. The topological polar surface area (TPSA) is 74.4 Å². The minimum absolute atomic E-state index is 0.190. The van der Waals surface area contributed by atoms with Gasteiger partial charge < -0.3 is 14.6 Å². The van der Waals surface area contributed by atoms with E-state index in [1.165, 1.54) is 11.0 Å². The molecule has 8 heteroatoms. The molecule has 2 heterocycles. The maximum Gasteiger partial charge on any atom is 0.411 e. The number of H-pyrrole nitrogens is 1. The first kappa shape index (κ1) is 23.3. The molecule has 176 valence electrons. The summed E-state index contributed by atoms with van der Waals surface area (Å²) in [5, 5.41) is 3.13. The fourth-order valence-electron chi connectivity index (χ4n) is 4.38. The molecule has 2 amide bonds. The number of amides is 2. The fraction of sp³-hybridized carbons (Fsp3) is 0.308. The summed E-state index contributed by atoms with van der Waals surface area (Å²) >= 11 is 0. The second kappa shape index (κ2) is 9.96. The Kier molecular flexibility index (Phi) is 6.82. The molecule has 0 radical (unpaired) electrons. The number of aromatic nitrogens is 1. The molecule has 6 nitrogen and oxygen atoms in total. The van der Waals surface area contributed by atoms with Crippen LogP contribution in [-0.4, -0.2) is 35.0 Å². The smallest absolute Gasteiger partial charge is 0.411 e. The van der Waals surface area contributed by atoms with Gasteiger partial charge in [0, 0.05) is 29.4 Å². The highest BCUT2D eigenvalue weighted by molar-refractivity contribution is 5.94. The van der Waals surface area contributed by atoms with Crippen molar-refractivity contribution >= 4 is 28.6 Å². The van der Waals surface area contributed by atoms with Crippen LogP contribution in [0.15, 0.2) is 36.4 Å². The summed E-state index contributed by atoms with van der Waals surface area (Å²) in [4.78, 5) is 29.1. The maximum atomic E-state index is 14.5. The minimum Gasteiger partial charge on any atom is -0.449 e. The maximum absolute atomic E-state index is 14.5. The van der Waals surface area contributed by atoms with Gasteiger partial charge in [0.1, 0.15) is 11.6 Å². The van der Waals surface area contributed by atoms with Gasteiger partial charge in [-0.15, -0.1) is 6.42 Å². The lowest BCUT2D eigenvalue weighted by atomic mass is 9.92. The molecular formula is C26H25F2N3O3. The van der Waals surface area contributed by atoms with Gasteiger partial charge in [-0.1, -0.05) is 31.9 Å². The fourth-order valence-corrected chi connectivity index (χ4v) is 4.38. The van der Waals surface area contributed by atoms with E-state index in [0.717, 1.165) is 30.9 Å². The van der Waals surface area contributed by atoms with E-state index >= 15 is 0 Å². The van der Waals surface area contributed by atoms with Gasteiger partial charge in [0.15, 0.2) is 0 Å².